The quantitative estimate of drug-likeness (QED) is 0.508. The summed E-state index contributed by atoms with van der Waals surface area (Å²) in [7, 11) is 0. The summed E-state index contributed by atoms with van der Waals surface area (Å²) in [6.45, 7) is -0.558. The molecule has 114 valence electrons. The normalized spacial score (nSPS) is 10.0. The van der Waals surface area contributed by atoms with E-state index in [1.54, 1.807) is 12.1 Å². The van der Waals surface area contributed by atoms with Crippen LogP contribution in [0.4, 0.5) is 10.1 Å². The fourth-order valence-corrected chi connectivity index (χ4v) is 2.26. The lowest BCUT2D eigenvalue weighted by molar-refractivity contribution is -0.380. The Labute approximate surface area is 132 Å². The number of ether oxygens (including phenoxy) is 1. The number of carbonyl (C=O) groups is 2. The predicted molar refractivity (Wildman–Crippen MR) is 79.1 cm³/mol. The zero-order valence-corrected chi connectivity index (χ0v) is 12.4. The Morgan fingerprint density at radius 2 is 2.14 bits per heavy atom. The first-order chi connectivity index (χ1) is 10.5. The Kier molecular flexibility index (Phi) is 5.02. The summed E-state index contributed by atoms with van der Waals surface area (Å²) >= 11 is 6.52. The third kappa shape index (κ3) is 3.99. The van der Waals surface area contributed by atoms with E-state index in [1.165, 1.54) is 12.1 Å². The number of aromatic nitrogens is 1. The van der Waals surface area contributed by atoms with Crippen molar-refractivity contribution in [3.05, 3.63) is 51.2 Å². The lowest BCUT2D eigenvalue weighted by atomic mass is 10.2. The number of amides is 1. The molecule has 0 unspecified atom stereocenters. The summed E-state index contributed by atoms with van der Waals surface area (Å²) in [5.41, 5.74) is 0.141. The van der Waals surface area contributed by atoms with E-state index in [2.05, 4.69) is 10.3 Å². The summed E-state index contributed by atoms with van der Waals surface area (Å²) in [5.74, 6) is -1.41. The molecular weight excluding hydrogens is 334 g/mol. The van der Waals surface area contributed by atoms with Gasteiger partial charge in [-0.15, -0.1) is 0 Å². The van der Waals surface area contributed by atoms with E-state index < -0.39 is 23.4 Å². The molecule has 0 radical (unpaired) electrons. The van der Waals surface area contributed by atoms with Gasteiger partial charge in [-0.05, 0) is 23.5 Å². The Morgan fingerprint density at radius 1 is 1.41 bits per heavy atom. The molecule has 0 aliphatic heterocycles. The second-order valence-electron chi connectivity index (χ2n) is 3.86. The van der Waals surface area contributed by atoms with Crippen molar-refractivity contribution >= 4 is 44.9 Å². The minimum atomic E-state index is -0.745. The number of hydrogen-bond acceptors (Lipinski definition) is 7. The van der Waals surface area contributed by atoms with Crippen molar-refractivity contribution < 1.29 is 19.2 Å². The zero-order chi connectivity index (χ0) is 16.1. The van der Waals surface area contributed by atoms with E-state index in [4.69, 9.17) is 16.3 Å². The number of anilines is 1. The fourth-order valence-electron chi connectivity index (χ4n) is 1.40. The minimum absolute atomic E-state index is 0.0468. The molecule has 0 saturated carbocycles. The van der Waals surface area contributed by atoms with Crippen LogP contribution in [0.5, 0.6) is 0 Å². The van der Waals surface area contributed by atoms with Gasteiger partial charge in [-0.3, -0.25) is 20.2 Å². The van der Waals surface area contributed by atoms with Gasteiger partial charge in [0, 0.05) is 0 Å². The first kappa shape index (κ1) is 15.9. The molecule has 0 spiro atoms. The maximum Gasteiger partial charge on any atom is 0.345 e. The van der Waals surface area contributed by atoms with Crippen molar-refractivity contribution in [1.29, 1.82) is 0 Å². The monoisotopic (exact) mass is 341 g/mol. The van der Waals surface area contributed by atoms with E-state index in [9.17, 15) is 19.7 Å². The van der Waals surface area contributed by atoms with Crippen molar-refractivity contribution in [2.24, 2.45) is 0 Å². The molecule has 1 N–H and O–H groups in total. The molecule has 0 bridgehead atoms. The largest absolute Gasteiger partial charge is 0.452 e. The van der Waals surface area contributed by atoms with Crippen molar-refractivity contribution in [3.8, 4) is 0 Å². The highest BCUT2D eigenvalue weighted by Gasteiger charge is 2.16. The number of carbonyl (C=O) groups excluding carboxylic acids is 2. The number of nitro groups is 1. The number of benzene rings is 1. The molecule has 8 nitrogen and oxygen atoms in total. The van der Waals surface area contributed by atoms with Gasteiger partial charge in [0.05, 0.1) is 15.5 Å². The van der Waals surface area contributed by atoms with Crippen molar-refractivity contribution in [1.82, 2.24) is 4.98 Å². The Balaban J connectivity index is 1.88. The van der Waals surface area contributed by atoms with Crippen LogP contribution in [0.1, 0.15) is 10.4 Å². The fraction of sp³-hybridized carbons (Fsp3) is 0.0833. The lowest BCUT2D eigenvalue weighted by Crippen LogP contribution is -2.20. The van der Waals surface area contributed by atoms with Crippen LogP contribution in [0.15, 0.2) is 30.5 Å². The van der Waals surface area contributed by atoms with Gasteiger partial charge in [0.15, 0.2) is 11.7 Å². The van der Waals surface area contributed by atoms with Gasteiger partial charge < -0.3 is 4.74 Å². The molecule has 1 aromatic heterocycles. The van der Waals surface area contributed by atoms with Crippen LogP contribution in [0.25, 0.3) is 0 Å². The van der Waals surface area contributed by atoms with Gasteiger partial charge in [-0.1, -0.05) is 23.7 Å². The number of rotatable bonds is 5. The summed E-state index contributed by atoms with van der Waals surface area (Å²) in [5, 5.41) is 12.8. The molecule has 0 fully saturated rings. The number of thiazole rings is 1. The third-order valence-corrected chi connectivity index (χ3v) is 3.54. The number of hydrogen-bond donors (Lipinski definition) is 1. The predicted octanol–water partition coefficient (Wildman–Crippen LogP) is 2.50. The molecule has 22 heavy (non-hydrogen) atoms. The minimum Gasteiger partial charge on any atom is -0.452 e. The highest BCUT2D eigenvalue weighted by molar-refractivity contribution is 7.18. The van der Waals surface area contributed by atoms with Gasteiger partial charge in [0.1, 0.15) is 6.20 Å². The first-order valence-electron chi connectivity index (χ1n) is 5.79. The summed E-state index contributed by atoms with van der Waals surface area (Å²) in [4.78, 5) is 36.8. The standard InChI is InChI=1S/C12H8ClN3O5S/c13-8-4-2-1-3-7(8)11(18)21-6-9(17)15-12-14-5-10(22-12)16(19)20/h1-5H,6H2,(H,14,15,17). The molecule has 1 aromatic carbocycles. The topological polar surface area (TPSA) is 111 Å². The number of nitrogens with one attached hydrogen (secondary N) is 1. The van der Waals surface area contributed by atoms with Crippen LogP contribution >= 0.6 is 22.9 Å². The highest BCUT2D eigenvalue weighted by Crippen LogP contribution is 2.24. The van der Waals surface area contributed by atoms with Crippen molar-refractivity contribution in [2.75, 3.05) is 11.9 Å². The Morgan fingerprint density at radius 3 is 2.77 bits per heavy atom. The average Bonchev–Trinajstić information content (AvgIpc) is 2.94. The van der Waals surface area contributed by atoms with Gasteiger partial charge in [0.2, 0.25) is 0 Å². The van der Waals surface area contributed by atoms with Gasteiger partial charge >= 0.3 is 11.0 Å². The van der Waals surface area contributed by atoms with Crippen molar-refractivity contribution in [2.45, 2.75) is 0 Å². The molecule has 0 atom stereocenters. The molecule has 0 aliphatic carbocycles. The van der Waals surface area contributed by atoms with Gasteiger partial charge in [-0.2, -0.15) is 0 Å². The van der Waals surface area contributed by atoms with Crippen LogP contribution in [0, 0.1) is 10.1 Å². The Hall–Kier alpha value is -2.52. The van der Waals surface area contributed by atoms with Crippen molar-refractivity contribution in [3.63, 3.8) is 0 Å². The number of halogens is 1. The molecule has 0 aliphatic rings. The SMILES string of the molecule is O=C(COC(=O)c1ccccc1Cl)Nc1ncc([N+](=O)[O-])s1. The van der Waals surface area contributed by atoms with Crippen LogP contribution < -0.4 is 5.32 Å². The summed E-state index contributed by atoms with van der Waals surface area (Å²) in [6, 6.07) is 6.25. The smallest absolute Gasteiger partial charge is 0.345 e. The Bertz CT molecular complexity index is 733. The maximum absolute atomic E-state index is 11.7. The van der Waals surface area contributed by atoms with Gasteiger partial charge in [0.25, 0.3) is 5.91 Å². The molecular formula is C12H8ClN3O5S. The van der Waals surface area contributed by atoms with Crippen LogP contribution in [-0.2, 0) is 9.53 Å². The van der Waals surface area contributed by atoms with Crippen LogP contribution in [0.3, 0.4) is 0 Å². The first-order valence-corrected chi connectivity index (χ1v) is 6.98. The van der Waals surface area contributed by atoms with E-state index in [0.717, 1.165) is 6.20 Å². The summed E-state index contributed by atoms with van der Waals surface area (Å²) < 4.78 is 4.80. The van der Waals surface area contributed by atoms with Crippen LogP contribution in [0.2, 0.25) is 5.02 Å². The second-order valence-corrected chi connectivity index (χ2v) is 5.28. The highest BCUT2D eigenvalue weighted by atomic mass is 35.5. The molecule has 0 saturated heterocycles. The average molecular weight is 342 g/mol. The second kappa shape index (κ2) is 6.96. The van der Waals surface area contributed by atoms with E-state index in [-0.39, 0.29) is 20.7 Å². The zero-order valence-electron chi connectivity index (χ0n) is 10.8. The maximum atomic E-state index is 11.7. The lowest BCUT2D eigenvalue weighted by Gasteiger charge is -2.05. The van der Waals surface area contributed by atoms with E-state index >= 15 is 0 Å². The van der Waals surface area contributed by atoms with Gasteiger partial charge in [-0.25, -0.2) is 9.78 Å². The summed E-state index contributed by atoms with van der Waals surface area (Å²) in [6.07, 6.45) is 1.02. The number of esters is 1. The molecule has 1 heterocycles. The molecule has 2 rings (SSSR count). The molecule has 10 heteroatoms. The third-order valence-electron chi connectivity index (χ3n) is 2.35. The van der Waals surface area contributed by atoms with E-state index in [1.807, 2.05) is 0 Å². The van der Waals surface area contributed by atoms with Crippen LogP contribution in [-0.4, -0.2) is 28.4 Å². The van der Waals surface area contributed by atoms with E-state index in [0.29, 0.717) is 11.3 Å². The number of nitrogens with zero attached hydrogens (tertiary/aromatic N) is 2. The molecule has 1 amide bonds. The molecule has 2 aromatic rings.